The Morgan fingerprint density at radius 1 is 1.58 bits per heavy atom. The summed E-state index contributed by atoms with van der Waals surface area (Å²) in [6, 6.07) is 5.54. The number of benzene rings is 1. The third-order valence-electron chi connectivity index (χ3n) is 2.51. The highest BCUT2D eigenvalue weighted by Gasteiger charge is 2.20. The molecule has 1 aromatic rings. The number of fused-ring (bicyclic) bond motifs is 1. The van der Waals surface area contributed by atoms with Gasteiger partial charge >= 0.3 is 0 Å². The molecule has 1 heterocycles. The van der Waals surface area contributed by atoms with Crippen molar-refractivity contribution in [3.05, 3.63) is 23.8 Å². The summed E-state index contributed by atoms with van der Waals surface area (Å²) >= 11 is 0. The predicted molar refractivity (Wildman–Crippen MR) is 49.6 cm³/mol. The van der Waals surface area contributed by atoms with Gasteiger partial charge in [0.25, 0.3) is 0 Å². The van der Waals surface area contributed by atoms with Crippen LogP contribution in [0.25, 0.3) is 0 Å². The molecule has 2 N–H and O–H groups in total. The van der Waals surface area contributed by atoms with Crippen LogP contribution in [-0.2, 0) is 0 Å². The van der Waals surface area contributed by atoms with Gasteiger partial charge in [-0.25, -0.2) is 0 Å². The van der Waals surface area contributed by atoms with Crippen LogP contribution in [0.4, 0.5) is 5.69 Å². The molecule has 0 aliphatic carbocycles. The average molecular weight is 163 g/mol. The molecule has 0 unspecified atom stereocenters. The third-order valence-corrected chi connectivity index (χ3v) is 2.51. The van der Waals surface area contributed by atoms with Crippen molar-refractivity contribution in [3.8, 4) is 5.75 Å². The van der Waals surface area contributed by atoms with Crippen LogP contribution < -0.4 is 5.32 Å². The Bertz CT molecular complexity index is 296. The van der Waals surface area contributed by atoms with Crippen LogP contribution in [0, 0.1) is 0 Å². The fourth-order valence-corrected chi connectivity index (χ4v) is 1.76. The molecule has 12 heavy (non-hydrogen) atoms. The van der Waals surface area contributed by atoms with Crippen molar-refractivity contribution in [3.63, 3.8) is 0 Å². The fourth-order valence-electron chi connectivity index (χ4n) is 1.76. The van der Waals surface area contributed by atoms with Gasteiger partial charge in [-0.05, 0) is 30.2 Å². The number of nitrogens with one attached hydrogen (secondary N) is 1. The first-order valence-electron chi connectivity index (χ1n) is 4.38. The Kier molecular flexibility index (Phi) is 1.68. The smallest absolute Gasteiger partial charge is 0.116 e. The molecule has 1 aliphatic rings. The lowest BCUT2D eigenvalue weighted by atomic mass is 9.99. The first-order chi connectivity index (χ1) is 5.81. The second-order valence-electron chi connectivity index (χ2n) is 3.26. The van der Waals surface area contributed by atoms with Gasteiger partial charge in [-0.3, -0.25) is 0 Å². The van der Waals surface area contributed by atoms with Crippen LogP contribution >= 0.6 is 0 Å². The Hall–Kier alpha value is -1.18. The molecule has 0 saturated carbocycles. The van der Waals surface area contributed by atoms with E-state index in [0.29, 0.717) is 11.7 Å². The zero-order chi connectivity index (χ0) is 8.55. The normalized spacial score (nSPS) is 20.2. The number of phenols is 1. The van der Waals surface area contributed by atoms with Crippen LogP contribution in [0.5, 0.6) is 5.75 Å². The van der Waals surface area contributed by atoms with E-state index in [0.717, 1.165) is 13.0 Å². The third kappa shape index (κ3) is 1.04. The fraction of sp³-hybridized carbons (Fsp3) is 0.400. The number of hydrogen-bond acceptors (Lipinski definition) is 2. The predicted octanol–water partition coefficient (Wildman–Crippen LogP) is 2.31. The van der Waals surface area contributed by atoms with E-state index in [1.54, 1.807) is 6.07 Å². The molecule has 2 heteroatoms. The minimum atomic E-state index is 0.371. The van der Waals surface area contributed by atoms with Gasteiger partial charge in [0.15, 0.2) is 0 Å². The minimum absolute atomic E-state index is 0.371. The van der Waals surface area contributed by atoms with Crippen LogP contribution in [0.3, 0.4) is 0 Å². The highest BCUT2D eigenvalue weighted by atomic mass is 16.3. The van der Waals surface area contributed by atoms with Crippen LogP contribution in [-0.4, -0.2) is 11.7 Å². The average Bonchev–Trinajstić information content (AvgIpc) is 2.46. The Morgan fingerprint density at radius 2 is 2.42 bits per heavy atom. The van der Waals surface area contributed by atoms with E-state index in [1.165, 1.54) is 11.3 Å². The van der Waals surface area contributed by atoms with E-state index in [4.69, 9.17) is 0 Å². The highest BCUT2D eigenvalue weighted by molar-refractivity contribution is 5.59. The van der Waals surface area contributed by atoms with E-state index in [-0.39, 0.29) is 0 Å². The molecule has 64 valence electrons. The second kappa shape index (κ2) is 2.70. The summed E-state index contributed by atoms with van der Waals surface area (Å²) in [6.07, 6.45) is 1.13. The molecule has 0 fully saturated rings. The van der Waals surface area contributed by atoms with Crippen molar-refractivity contribution in [2.75, 3.05) is 11.9 Å². The lowest BCUT2D eigenvalue weighted by Crippen LogP contribution is -1.99. The minimum Gasteiger partial charge on any atom is -0.508 e. The molecule has 1 atom stereocenters. The molecule has 0 spiro atoms. The standard InChI is InChI=1S/C10H13NO/c1-2-7-6-11-10-4-3-8(12)5-9(7)10/h3-5,7,11-12H,2,6H2,1H3/t7-/m0/s1. The maximum atomic E-state index is 9.28. The van der Waals surface area contributed by atoms with Crippen molar-refractivity contribution in [1.82, 2.24) is 0 Å². The topological polar surface area (TPSA) is 32.3 Å². The quantitative estimate of drug-likeness (QED) is 0.623. The van der Waals surface area contributed by atoms with Gasteiger partial charge in [0, 0.05) is 18.2 Å². The molecule has 2 rings (SSSR count). The summed E-state index contributed by atoms with van der Waals surface area (Å²) in [6.45, 7) is 3.18. The summed E-state index contributed by atoms with van der Waals surface area (Å²) in [7, 11) is 0. The van der Waals surface area contributed by atoms with Crippen molar-refractivity contribution in [2.45, 2.75) is 19.3 Å². The number of rotatable bonds is 1. The van der Waals surface area contributed by atoms with Gasteiger partial charge < -0.3 is 10.4 Å². The van der Waals surface area contributed by atoms with Crippen LogP contribution in [0.1, 0.15) is 24.8 Å². The number of aromatic hydroxyl groups is 1. The lowest BCUT2D eigenvalue weighted by molar-refractivity contribution is 0.474. The van der Waals surface area contributed by atoms with Gasteiger partial charge in [-0.15, -0.1) is 0 Å². The van der Waals surface area contributed by atoms with Crippen molar-refractivity contribution in [2.24, 2.45) is 0 Å². The van der Waals surface area contributed by atoms with Gasteiger partial charge in [0.05, 0.1) is 0 Å². The zero-order valence-corrected chi connectivity index (χ0v) is 7.17. The van der Waals surface area contributed by atoms with E-state index >= 15 is 0 Å². The molecule has 0 aromatic heterocycles. The van der Waals surface area contributed by atoms with Gasteiger partial charge in [0.2, 0.25) is 0 Å². The van der Waals surface area contributed by atoms with Crippen molar-refractivity contribution in [1.29, 1.82) is 0 Å². The number of hydrogen-bond donors (Lipinski definition) is 2. The van der Waals surface area contributed by atoms with Crippen molar-refractivity contribution < 1.29 is 5.11 Å². The van der Waals surface area contributed by atoms with Crippen LogP contribution in [0.15, 0.2) is 18.2 Å². The molecule has 1 aromatic carbocycles. The maximum absolute atomic E-state index is 9.28. The largest absolute Gasteiger partial charge is 0.508 e. The van der Waals surface area contributed by atoms with Gasteiger partial charge in [-0.2, -0.15) is 0 Å². The molecule has 0 saturated heterocycles. The molecule has 2 nitrogen and oxygen atoms in total. The SMILES string of the molecule is CC[C@H]1CNc2ccc(O)cc21. The molecule has 0 amide bonds. The number of phenolic OH excluding ortho intramolecular Hbond substituents is 1. The number of anilines is 1. The maximum Gasteiger partial charge on any atom is 0.116 e. The summed E-state index contributed by atoms with van der Waals surface area (Å²) in [5.41, 5.74) is 2.44. The van der Waals surface area contributed by atoms with Crippen LogP contribution in [0.2, 0.25) is 0 Å². The first kappa shape index (κ1) is 7.47. The van der Waals surface area contributed by atoms with Gasteiger partial charge in [-0.1, -0.05) is 6.92 Å². The first-order valence-corrected chi connectivity index (χ1v) is 4.38. The summed E-state index contributed by atoms with van der Waals surface area (Å²) in [4.78, 5) is 0. The monoisotopic (exact) mass is 163 g/mol. The van der Waals surface area contributed by atoms with E-state index in [9.17, 15) is 5.11 Å². The summed E-state index contributed by atoms with van der Waals surface area (Å²) in [5.74, 6) is 0.947. The zero-order valence-electron chi connectivity index (χ0n) is 7.17. The van der Waals surface area contributed by atoms with Gasteiger partial charge in [0.1, 0.15) is 5.75 Å². The molecule has 0 radical (unpaired) electrons. The Labute approximate surface area is 72.2 Å². The van der Waals surface area contributed by atoms with E-state index in [1.807, 2.05) is 12.1 Å². The Balaban J connectivity index is 2.42. The molecule has 1 aliphatic heterocycles. The van der Waals surface area contributed by atoms with E-state index < -0.39 is 0 Å². The highest BCUT2D eigenvalue weighted by Crippen LogP contribution is 2.35. The molecular formula is C10H13NO. The molecule has 0 bridgehead atoms. The Morgan fingerprint density at radius 3 is 3.17 bits per heavy atom. The van der Waals surface area contributed by atoms with E-state index in [2.05, 4.69) is 12.2 Å². The summed E-state index contributed by atoms with van der Waals surface area (Å²) in [5, 5.41) is 12.6. The lowest BCUT2D eigenvalue weighted by Gasteiger charge is -2.05. The summed E-state index contributed by atoms with van der Waals surface area (Å²) < 4.78 is 0. The van der Waals surface area contributed by atoms with Crippen molar-refractivity contribution >= 4 is 5.69 Å². The second-order valence-corrected chi connectivity index (χ2v) is 3.26. The molecular weight excluding hydrogens is 150 g/mol.